The third-order valence-electron chi connectivity index (χ3n) is 16.6. The van der Waals surface area contributed by atoms with Crippen LogP contribution in [0.25, 0.3) is 0 Å². The predicted molar refractivity (Wildman–Crippen MR) is 371 cm³/mol. The third kappa shape index (κ3) is 16.7. The van der Waals surface area contributed by atoms with Gasteiger partial charge in [0.15, 0.2) is 0 Å². The number of hydrogen-bond donors (Lipinski definition) is 4. The molecule has 0 amide bonds. The molecule has 0 radical (unpaired) electrons. The molecule has 0 saturated heterocycles. The Kier molecular flexibility index (Phi) is 21.3. The van der Waals surface area contributed by atoms with E-state index in [1.165, 1.54) is 0 Å². The Hall–Kier alpha value is -4.74. The molecule has 4 N–H and O–H groups in total. The van der Waals surface area contributed by atoms with E-state index in [2.05, 4.69) is 197 Å². The van der Waals surface area contributed by atoms with Gasteiger partial charge in [-0.15, -0.1) is 0 Å². The van der Waals surface area contributed by atoms with Crippen LogP contribution in [-0.2, 0) is 113 Å². The molecular formula is C74H102O10P2S2. The molecule has 10 nitrogen and oxygen atoms in total. The first kappa shape index (κ1) is 70.7. The highest BCUT2D eigenvalue weighted by molar-refractivity contribution is 8.08. The van der Waals surface area contributed by atoms with E-state index < -0.39 is 13.4 Å². The van der Waals surface area contributed by atoms with Crippen molar-refractivity contribution in [1.82, 2.24) is 0 Å². The Balaban J connectivity index is 1.70. The predicted octanol–water partition coefficient (Wildman–Crippen LogP) is 19.5. The molecule has 0 atom stereocenters. The molecular weight excluding hydrogens is 1170 g/mol. The highest BCUT2D eigenvalue weighted by atomic mass is 32.5. The number of fused-ring (bicyclic) bond motifs is 12. The minimum absolute atomic E-state index is 0.0966. The summed E-state index contributed by atoms with van der Waals surface area (Å²) in [4.78, 5) is 0. The molecule has 1 aliphatic rings. The molecule has 0 spiro atoms. The van der Waals surface area contributed by atoms with Gasteiger partial charge >= 0.3 is 13.4 Å². The van der Waals surface area contributed by atoms with Gasteiger partial charge < -0.3 is 29.5 Å². The van der Waals surface area contributed by atoms with E-state index in [1.54, 1.807) is 0 Å². The standard InChI is InChI=1S/C74H102O10P2S2/c1-23-79-85(87,80-24-2)83-67-53-29-49-37-58(70(8,9)10)35-47(64(49)76)27-45-33-57(69(5,6)7)34-46(63(45)75)28-48-36-59(71(11,12)13)38-50(65(48)77)30-54-42-62(74(20,21)22)44-56(68(54)84-86(88,81-25-3)82-26-4)32-52-40-60(72(14,15)16)39-51(66(52)78)31-55(67)43-61(41-53)73(17,18)19/h33-44,75-78H,23-32H2,1-22H3. The topological polar surface area (TPSA) is 136 Å². The zero-order chi connectivity index (χ0) is 65.7. The molecule has 0 heterocycles. The van der Waals surface area contributed by atoms with Crippen LogP contribution in [0.1, 0.15) is 252 Å². The maximum absolute atomic E-state index is 13.2. The van der Waals surface area contributed by atoms with Gasteiger partial charge in [-0.3, -0.25) is 18.1 Å². The maximum atomic E-state index is 13.2. The van der Waals surface area contributed by atoms with Crippen molar-refractivity contribution in [1.29, 1.82) is 0 Å². The molecule has 0 fully saturated rings. The Morgan fingerprint density at radius 1 is 0.284 bits per heavy atom. The molecule has 88 heavy (non-hydrogen) atoms. The maximum Gasteiger partial charge on any atom is 0.380 e. The SMILES string of the molecule is CCOP(=S)(OCC)Oc1c2cc(C(C)(C)C)cc1Cc1cc(C(C)(C)C)cc(c1O)Cc1cc(C(C)(C)C)cc(c1OP(=S)(OCC)OCC)Cc1cc(C(C)(C)C)cc(c1O)Cc1cc(C(C)(C)C)cc(c1O)Cc1cc(C(C)(C)C)cc(c1O)C2. The number of aromatic hydroxyl groups is 4. The number of phenols is 4. The van der Waals surface area contributed by atoms with Gasteiger partial charge in [0.05, 0.1) is 26.4 Å². The molecule has 0 saturated carbocycles. The molecule has 0 aromatic heterocycles. The molecule has 12 bridgehead atoms. The monoisotopic (exact) mass is 1280 g/mol. The first-order chi connectivity index (χ1) is 40.5. The van der Waals surface area contributed by atoms with Crippen LogP contribution in [0.15, 0.2) is 72.8 Å². The van der Waals surface area contributed by atoms with Gasteiger partial charge in [0.1, 0.15) is 34.5 Å². The number of phenolic OH excluding ortho intramolecular Hbond substituents is 4. The lowest BCUT2D eigenvalue weighted by Crippen LogP contribution is -2.16. The summed E-state index contributed by atoms with van der Waals surface area (Å²) in [6.07, 6.45) is 1.27. The summed E-state index contributed by atoms with van der Waals surface area (Å²) in [6, 6.07) is 25.2. The highest BCUT2D eigenvalue weighted by Gasteiger charge is 2.34. The van der Waals surface area contributed by atoms with Gasteiger partial charge in [0.2, 0.25) is 0 Å². The largest absolute Gasteiger partial charge is 0.507 e. The van der Waals surface area contributed by atoms with Crippen LogP contribution in [0.5, 0.6) is 34.5 Å². The summed E-state index contributed by atoms with van der Waals surface area (Å²) in [6.45, 7) is 40.6. The van der Waals surface area contributed by atoms with Crippen LogP contribution in [0.3, 0.4) is 0 Å². The van der Waals surface area contributed by atoms with Crippen molar-refractivity contribution in [3.8, 4) is 34.5 Å². The van der Waals surface area contributed by atoms with Crippen molar-refractivity contribution in [2.75, 3.05) is 26.4 Å². The fourth-order valence-corrected chi connectivity index (χ4v) is 15.5. The smallest absolute Gasteiger partial charge is 0.380 e. The number of benzene rings is 6. The van der Waals surface area contributed by atoms with E-state index in [4.69, 9.17) is 50.8 Å². The lowest BCUT2D eigenvalue weighted by Gasteiger charge is -2.29. The van der Waals surface area contributed by atoms with E-state index in [9.17, 15) is 20.4 Å². The van der Waals surface area contributed by atoms with E-state index in [1.807, 2.05) is 27.7 Å². The first-order valence-corrected chi connectivity index (χ1v) is 36.5. The van der Waals surface area contributed by atoms with Crippen molar-refractivity contribution in [3.05, 3.63) is 173 Å². The molecule has 6 aromatic rings. The van der Waals surface area contributed by atoms with E-state index in [0.717, 1.165) is 55.6 Å². The van der Waals surface area contributed by atoms with Gasteiger partial charge in [-0.05, 0) is 160 Å². The summed E-state index contributed by atoms with van der Waals surface area (Å²) in [5.41, 5.74) is 12.1. The highest BCUT2D eigenvalue weighted by Crippen LogP contribution is 2.55. The Bertz CT molecular complexity index is 3410. The van der Waals surface area contributed by atoms with E-state index in [-0.39, 0.29) is 120 Å². The third-order valence-corrected chi connectivity index (χ3v) is 21.4. The summed E-state index contributed by atoms with van der Waals surface area (Å²) in [5, 5.41) is 52.0. The average Bonchev–Trinajstić information content (AvgIpc) is 1.60. The van der Waals surface area contributed by atoms with Crippen LogP contribution in [0.2, 0.25) is 0 Å². The zero-order valence-corrected chi connectivity index (χ0v) is 60.4. The zero-order valence-electron chi connectivity index (χ0n) is 56.9. The summed E-state index contributed by atoms with van der Waals surface area (Å²) in [7, 11) is 0. The van der Waals surface area contributed by atoms with Gasteiger partial charge in [-0.25, -0.2) is 0 Å². The Labute approximate surface area is 538 Å². The molecule has 7 rings (SSSR count). The molecule has 480 valence electrons. The van der Waals surface area contributed by atoms with Gasteiger partial charge in [0, 0.05) is 62.1 Å². The molecule has 1 aliphatic carbocycles. The minimum atomic E-state index is -3.47. The summed E-state index contributed by atoms with van der Waals surface area (Å²) < 4.78 is 39.4. The van der Waals surface area contributed by atoms with Crippen LogP contribution < -0.4 is 9.05 Å². The molecule has 0 aliphatic heterocycles. The first-order valence-electron chi connectivity index (χ1n) is 31.4. The molecule has 0 unspecified atom stereocenters. The van der Waals surface area contributed by atoms with Gasteiger partial charge in [0.25, 0.3) is 0 Å². The second-order valence-corrected chi connectivity index (χ2v) is 36.0. The van der Waals surface area contributed by atoms with Crippen molar-refractivity contribution >= 4 is 37.1 Å². The molecule has 14 heteroatoms. The lowest BCUT2D eigenvalue weighted by molar-refractivity contribution is 0.216. The van der Waals surface area contributed by atoms with Crippen molar-refractivity contribution in [3.63, 3.8) is 0 Å². The van der Waals surface area contributed by atoms with Crippen LogP contribution >= 0.6 is 13.4 Å². The second kappa shape index (κ2) is 26.5. The van der Waals surface area contributed by atoms with Crippen LogP contribution in [0, 0.1) is 0 Å². The fraction of sp³-hybridized carbons (Fsp3) is 0.514. The Morgan fingerprint density at radius 3 is 0.557 bits per heavy atom. The van der Waals surface area contributed by atoms with Crippen LogP contribution in [0.4, 0.5) is 0 Å². The summed E-state index contributed by atoms with van der Waals surface area (Å²) >= 11 is 12.5. The quantitative estimate of drug-likeness (QED) is 0.0867. The number of rotatable bonds is 12. The second-order valence-electron chi connectivity index (χ2n) is 30.1. The fourth-order valence-electron chi connectivity index (χ4n) is 11.3. The van der Waals surface area contributed by atoms with Gasteiger partial charge in [-0.2, -0.15) is 0 Å². The average molecular weight is 1280 g/mol. The normalized spacial score (nSPS) is 14.2. The van der Waals surface area contributed by atoms with E-state index in [0.29, 0.717) is 56.0 Å². The lowest BCUT2D eigenvalue weighted by atomic mass is 9.79. The number of hydrogen-bond acceptors (Lipinski definition) is 12. The van der Waals surface area contributed by atoms with Crippen LogP contribution in [-0.4, -0.2) is 46.9 Å². The van der Waals surface area contributed by atoms with E-state index >= 15 is 0 Å². The summed E-state index contributed by atoms with van der Waals surface area (Å²) in [5.74, 6) is 1.34. The minimum Gasteiger partial charge on any atom is -0.507 e. The van der Waals surface area contributed by atoms with Crippen molar-refractivity contribution in [2.45, 2.75) is 223 Å². The Morgan fingerprint density at radius 2 is 0.420 bits per heavy atom. The van der Waals surface area contributed by atoms with Gasteiger partial charge in [-0.1, -0.05) is 197 Å². The van der Waals surface area contributed by atoms with Crippen molar-refractivity contribution < 1.29 is 47.6 Å². The van der Waals surface area contributed by atoms with Crippen molar-refractivity contribution in [2.24, 2.45) is 0 Å². The molecule has 6 aromatic carbocycles.